The van der Waals surface area contributed by atoms with Gasteiger partial charge in [0, 0.05) is 17.0 Å². The molecule has 3 aromatic carbocycles. The van der Waals surface area contributed by atoms with Crippen molar-refractivity contribution < 1.29 is 4.42 Å². The standard InChI is InChI=1S/C31H29N3O/c1-18(2)21-11-8-12-22(19(3)4)29(21)34-28-20(5)32-17-16-26(28)33-31(34)25-14-9-13-24-23-10-6-7-15-27(23)35-30(24)25/h6-19H,1-5H3. The first-order valence-electron chi connectivity index (χ1n) is 12.3. The average molecular weight is 460 g/mol. The third-order valence-electron chi connectivity index (χ3n) is 6.96. The lowest BCUT2D eigenvalue weighted by Crippen LogP contribution is -2.09. The third-order valence-corrected chi connectivity index (χ3v) is 6.96. The Labute approximate surface area is 205 Å². The second-order valence-electron chi connectivity index (χ2n) is 9.91. The first-order valence-corrected chi connectivity index (χ1v) is 12.3. The van der Waals surface area contributed by atoms with Crippen molar-refractivity contribution in [2.24, 2.45) is 0 Å². The number of furan rings is 1. The van der Waals surface area contributed by atoms with E-state index in [9.17, 15) is 0 Å². The van der Waals surface area contributed by atoms with E-state index in [0.717, 1.165) is 50.1 Å². The molecular weight excluding hydrogens is 430 g/mol. The summed E-state index contributed by atoms with van der Waals surface area (Å²) in [7, 11) is 0. The molecule has 0 bridgehead atoms. The Balaban J connectivity index is 1.79. The van der Waals surface area contributed by atoms with Crippen LogP contribution in [0.4, 0.5) is 0 Å². The van der Waals surface area contributed by atoms with Crippen LogP contribution < -0.4 is 0 Å². The molecule has 0 spiro atoms. The summed E-state index contributed by atoms with van der Waals surface area (Å²) in [6, 6.07) is 23.3. The summed E-state index contributed by atoms with van der Waals surface area (Å²) in [4.78, 5) is 9.87. The largest absolute Gasteiger partial charge is 0.455 e. The quantitative estimate of drug-likeness (QED) is 0.265. The van der Waals surface area contributed by atoms with Gasteiger partial charge in [-0.25, -0.2) is 4.98 Å². The van der Waals surface area contributed by atoms with Crippen LogP contribution in [0.5, 0.6) is 0 Å². The monoisotopic (exact) mass is 459 g/mol. The second-order valence-corrected chi connectivity index (χ2v) is 9.91. The molecule has 4 nitrogen and oxygen atoms in total. The highest BCUT2D eigenvalue weighted by Crippen LogP contribution is 2.41. The molecule has 0 aliphatic carbocycles. The lowest BCUT2D eigenvalue weighted by molar-refractivity contribution is 0.669. The second kappa shape index (κ2) is 8.09. The van der Waals surface area contributed by atoms with E-state index in [-0.39, 0.29) is 0 Å². The van der Waals surface area contributed by atoms with Crippen LogP contribution in [0.3, 0.4) is 0 Å². The molecule has 0 fully saturated rings. The summed E-state index contributed by atoms with van der Waals surface area (Å²) >= 11 is 0. The number of para-hydroxylation sites is 3. The minimum atomic E-state index is 0.355. The number of hydrogen-bond donors (Lipinski definition) is 0. The smallest absolute Gasteiger partial charge is 0.149 e. The average Bonchev–Trinajstić information content (AvgIpc) is 3.42. The first kappa shape index (κ1) is 21.6. The molecule has 3 heterocycles. The lowest BCUT2D eigenvalue weighted by Gasteiger charge is -2.23. The van der Waals surface area contributed by atoms with Crippen molar-refractivity contribution in [2.45, 2.75) is 46.5 Å². The Bertz CT molecular complexity index is 1690. The van der Waals surface area contributed by atoms with E-state index in [0.29, 0.717) is 11.8 Å². The zero-order valence-corrected chi connectivity index (χ0v) is 20.8. The van der Waals surface area contributed by atoms with Gasteiger partial charge in [0.2, 0.25) is 0 Å². The number of imidazole rings is 1. The van der Waals surface area contributed by atoms with Gasteiger partial charge < -0.3 is 4.42 Å². The molecule has 174 valence electrons. The van der Waals surface area contributed by atoms with E-state index in [2.05, 4.69) is 92.7 Å². The van der Waals surface area contributed by atoms with E-state index in [4.69, 9.17) is 9.40 Å². The Kier molecular flexibility index (Phi) is 4.99. The molecule has 0 radical (unpaired) electrons. The van der Waals surface area contributed by atoms with Crippen LogP contribution in [-0.4, -0.2) is 14.5 Å². The van der Waals surface area contributed by atoms with Crippen molar-refractivity contribution in [3.8, 4) is 17.1 Å². The number of rotatable bonds is 4. The summed E-state index contributed by atoms with van der Waals surface area (Å²) in [6.45, 7) is 11.1. The van der Waals surface area contributed by atoms with Gasteiger partial charge in [0.1, 0.15) is 17.0 Å². The maximum Gasteiger partial charge on any atom is 0.149 e. The van der Waals surface area contributed by atoms with E-state index in [1.54, 1.807) is 0 Å². The number of aryl methyl sites for hydroxylation is 1. The molecule has 4 heteroatoms. The number of aromatic nitrogens is 3. The Morgan fingerprint density at radius 3 is 2.20 bits per heavy atom. The molecule has 0 atom stereocenters. The SMILES string of the molecule is Cc1nccc2nc(-c3cccc4c3oc3ccccc34)n(-c3c(C(C)C)cccc3C(C)C)c12. The molecule has 0 aliphatic rings. The fourth-order valence-electron chi connectivity index (χ4n) is 5.27. The zero-order valence-electron chi connectivity index (χ0n) is 20.8. The fourth-order valence-corrected chi connectivity index (χ4v) is 5.27. The molecule has 0 saturated carbocycles. The van der Waals surface area contributed by atoms with Crippen molar-refractivity contribution in [1.82, 2.24) is 14.5 Å². The van der Waals surface area contributed by atoms with Gasteiger partial charge in [-0.05, 0) is 48.1 Å². The van der Waals surface area contributed by atoms with Crippen LogP contribution in [0, 0.1) is 6.92 Å². The predicted octanol–water partition coefficient (Wildman–Crippen LogP) is 8.54. The molecule has 6 aromatic rings. The van der Waals surface area contributed by atoms with Gasteiger partial charge in [-0.3, -0.25) is 9.55 Å². The molecule has 0 saturated heterocycles. The van der Waals surface area contributed by atoms with Crippen molar-refractivity contribution in [2.75, 3.05) is 0 Å². The molecule has 0 N–H and O–H groups in total. The third kappa shape index (κ3) is 3.28. The minimum absolute atomic E-state index is 0.355. The predicted molar refractivity (Wildman–Crippen MR) is 144 cm³/mol. The van der Waals surface area contributed by atoms with E-state index >= 15 is 0 Å². The van der Waals surface area contributed by atoms with Gasteiger partial charge in [-0.15, -0.1) is 0 Å². The highest BCUT2D eigenvalue weighted by atomic mass is 16.3. The molecule has 0 aliphatic heterocycles. The number of hydrogen-bond acceptors (Lipinski definition) is 3. The lowest BCUT2D eigenvalue weighted by atomic mass is 9.92. The number of nitrogens with zero attached hydrogens (tertiary/aromatic N) is 3. The van der Waals surface area contributed by atoms with E-state index < -0.39 is 0 Å². The highest BCUT2D eigenvalue weighted by Gasteiger charge is 2.25. The molecule has 35 heavy (non-hydrogen) atoms. The normalized spacial score (nSPS) is 12.1. The van der Waals surface area contributed by atoms with Crippen LogP contribution >= 0.6 is 0 Å². The maximum atomic E-state index is 6.44. The van der Waals surface area contributed by atoms with Crippen LogP contribution in [0.25, 0.3) is 50.0 Å². The Morgan fingerprint density at radius 1 is 0.771 bits per heavy atom. The topological polar surface area (TPSA) is 43.9 Å². The summed E-state index contributed by atoms with van der Waals surface area (Å²) in [5.41, 5.74) is 9.51. The number of fused-ring (bicyclic) bond motifs is 4. The molecule has 0 amide bonds. The first-order chi connectivity index (χ1) is 17.0. The van der Waals surface area contributed by atoms with Crippen molar-refractivity contribution in [3.05, 3.63) is 89.7 Å². The van der Waals surface area contributed by atoms with Crippen LogP contribution in [0.15, 0.2) is 77.3 Å². The summed E-state index contributed by atoms with van der Waals surface area (Å²) < 4.78 is 8.78. The number of benzene rings is 3. The van der Waals surface area contributed by atoms with Gasteiger partial charge in [0.25, 0.3) is 0 Å². The highest BCUT2D eigenvalue weighted by molar-refractivity contribution is 6.09. The Morgan fingerprint density at radius 2 is 1.46 bits per heavy atom. The van der Waals surface area contributed by atoms with E-state index in [1.807, 2.05) is 24.4 Å². The molecule has 0 unspecified atom stereocenters. The Hall–Kier alpha value is -3.92. The van der Waals surface area contributed by atoms with Crippen LogP contribution in [0.1, 0.15) is 56.4 Å². The van der Waals surface area contributed by atoms with Crippen molar-refractivity contribution >= 4 is 33.0 Å². The van der Waals surface area contributed by atoms with Gasteiger partial charge >= 0.3 is 0 Å². The summed E-state index contributed by atoms with van der Waals surface area (Å²) in [6.07, 6.45) is 1.85. The van der Waals surface area contributed by atoms with Crippen LogP contribution in [0.2, 0.25) is 0 Å². The van der Waals surface area contributed by atoms with Gasteiger partial charge in [-0.2, -0.15) is 0 Å². The fraction of sp³-hybridized carbons (Fsp3) is 0.226. The van der Waals surface area contributed by atoms with Gasteiger partial charge in [-0.1, -0.05) is 76.2 Å². The van der Waals surface area contributed by atoms with E-state index in [1.165, 1.54) is 16.8 Å². The molecular formula is C31H29N3O. The molecule has 3 aromatic heterocycles. The summed E-state index contributed by atoms with van der Waals surface area (Å²) in [5, 5.41) is 2.23. The van der Waals surface area contributed by atoms with Gasteiger partial charge in [0.15, 0.2) is 0 Å². The van der Waals surface area contributed by atoms with Crippen molar-refractivity contribution in [3.63, 3.8) is 0 Å². The van der Waals surface area contributed by atoms with Crippen molar-refractivity contribution in [1.29, 1.82) is 0 Å². The number of pyridine rings is 1. The summed E-state index contributed by atoms with van der Waals surface area (Å²) in [5.74, 6) is 1.59. The molecule has 6 rings (SSSR count). The van der Waals surface area contributed by atoms with Crippen LogP contribution in [-0.2, 0) is 0 Å². The zero-order chi connectivity index (χ0) is 24.3. The maximum absolute atomic E-state index is 6.44. The van der Waals surface area contributed by atoms with Gasteiger partial charge in [0.05, 0.1) is 28.0 Å². The minimum Gasteiger partial charge on any atom is -0.455 e.